The Morgan fingerprint density at radius 3 is 1.82 bits per heavy atom. The first-order valence-electron chi connectivity index (χ1n) is 5.80. The lowest BCUT2D eigenvalue weighted by molar-refractivity contribution is -0.443. The van der Waals surface area contributed by atoms with Gasteiger partial charge in [-0.2, -0.15) is 26.3 Å². The Balaban J connectivity index is 3.16. The zero-order chi connectivity index (χ0) is 17.3. The molecule has 1 aromatic rings. The highest BCUT2D eigenvalue weighted by Crippen LogP contribution is 2.51. The van der Waals surface area contributed by atoms with Crippen molar-refractivity contribution in [2.75, 3.05) is 0 Å². The van der Waals surface area contributed by atoms with Crippen molar-refractivity contribution in [1.29, 1.82) is 0 Å². The Morgan fingerprint density at radius 2 is 1.41 bits per heavy atom. The molecule has 0 fully saturated rings. The third kappa shape index (κ3) is 2.89. The molecule has 0 aliphatic heterocycles. The molecule has 0 heterocycles. The third-order valence-electron chi connectivity index (χ3n) is 2.98. The van der Waals surface area contributed by atoms with Gasteiger partial charge in [0.1, 0.15) is 0 Å². The first-order chi connectivity index (χ1) is 9.87. The lowest BCUT2D eigenvalue weighted by atomic mass is 10.1. The summed E-state index contributed by atoms with van der Waals surface area (Å²) in [7, 11) is 0. The van der Waals surface area contributed by atoms with E-state index in [0.717, 1.165) is 19.1 Å². The molecule has 2 nitrogen and oxygen atoms in total. The van der Waals surface area contributed by atoms with E-state index in [1.807, 2.05) is 0 Å². The van der Waals surface area contributed by atoms with E-state index in [-0.39, 0.29) is 5.56 Å². The Kier molecular flexibility index (Phi) is 5.08. The largest absolute Gasteiger partial charge is 0.398 e. The van der Waals surface area contributed by atoms with Gasteiger partial charge in [-0.15, -0.1) is 5.21 Å². The van der Waals surface area contributed by atoms with Crippen LogP contribution < -0.4 is 0 Å². The van der Waals surface area contributed by atoms with E-state index in [1.54, 1.807) is 0 Å². The van der Waals surface area contributed by atoms with Crippen LogP contribution in [0.15, 0.2) is 30.3 Å². The SMILES string of the molecule is CC(c1ccccc1)N([O])C(F)(F)C(F)(F)C(F)(F)C(F)F. The average Bonchev–Trinajstić information content (AvgIpc) is 2.45. The molecule has 0 amide bonds. The second-order valence-electron chi connectivity index (χ2n) is 4.45. The van der Waals surface area contributed by atoms with E-state index in [1.165, 1.54) is 18.2 Å². The van der Waals surface area contributed by atoms with Crippen LogP contribution >= 0.6 is 0 Å². The van der Waals surface area contributed by atoms with Gasteiger partial charge in [-0.3, -0.25) is 0 Å². The van der Waals surface area contributed by atoms with Gasteiger partial charge in [0, 0.05) is 0 Å². The second kappa shape index (κ2) is 5.99. The number of halogens is 8. The standard InChI is InChI=1S/C12H10F8NO/c1-7(8-5-3-2-4-6-8)21(22)12(19,20)11(17,18)10(15,16)9(13)14/h2-7,9H,1H3. The van der Waals surface area contributed by atoms with Crippen molar-refractivity contribution in [3.05, 3.63) is 35.9 Å². The normalized spacial score (nSPS) is 15.5. The smallest absolute Gasteiger partial charge is 0.203 e. The van der Waals surface area contributed by atoms with Crippen LogP contribution in [0.4, 0.5) is 35.1 Å². The molecule has 0 spiro atoms. The monoisotopic (exact) mass is 336 g/mol. The molecule has 0 N–H and O–H groups in total. The molecule has 1 radical (unpaired) electrons. The Bertz CT molecular complexity index is 493. The maximum atomic E-state index is 13.4. The second-order valence-corrected chi connectivity index (χ2v) is 4.45. The van der Waals surface area contributed by atoms with Crippen LogP contribution in [0.2, 0.25) is 0 Å². The number of hydrogen-bond acceptors (Lipinski definition) is 1. The van der Waals surface area contributed by atoms with Crippen molar-refractivity contribution < 1.29 is 40.3 Å². The number of benzene rings is 1. The molecule has 0 bridgehead atoms. The van der Waals surface area contributed by atoms with Crippen molar-refractivity contribution in [3.63, 3.8) is 0 Å². The molecule has 125 valence electrons. The first kappa shape index (κ1) is 18.6. The van der Waals surface area contributed by atoms with Crippen LogP contribution in [-0.4, -0.2) is 29.4 Å². The van der Waals surface area contributed by atoms with Gasteiger partial charge in [0.15, 0.2) is 0 Å². The quantitative estimate of drug-likeness (QED) is 0.425. The number of nitrogens with zero attached hydrogens (tertiary/aromatic N) is 1. The molecule has 0 aliphatic carbocycles. The molecular weight excluding hydrogens is 326 g/mol. The lowest BCUT2D eigenvalue weighted by Crippen LogP contribution is -2.63. The summed E-state index contributed by atoms with van der Waals surface area (Å²) in [6.45, 7) is 0.757. The lowest BCUT2D eigenvalue weighted by Gasteiger charge is -2.36. The van der Waals surface area contributed by atoms with Crippen molar-refractivity contribution in [3.8, 4) is 0 Å². The van der Waals surface area contributed by atoms with Crippen LogP contribution in [0.5, 0.6) is 0 Å². The molecule has 0 saturated carbocycles. The van der Waals surface area contributed by atoms with Gasteiger partial charge in [0.25, 0.3) is 0 Å². The van der Waals surface area contributed by atoms with Crippen LogP contribution in [0, 0.1) is 0 Å². The molecular formula is C12H10F8NO. The molecule has 1 unspecified atom stereocenters. The van der Waals surface area contributed by atoms with Gasteiger partial charge in [0.2, 0.25) is 0 Å². The highest BCUT2D eigenvalue weighted by Gasteiger charge is 2.78. The molecule has 10 heteroatoms. The van der Waals surface area contributed by atoms with E-state index < -0.39 is 35.4 Å². The fourth-order valence-electron chi connectivity index (χ4n) is 1.59. The molecule has 0 aromatic heterocycles. The van der Waals surface area contributed by atoms with Crippen molar-refractivity contribution in [2.24, 2.45) is 0 Å². The van der Waals surface area contributed by atoms with Gasteiger partial charge in [0.05, 0.1) is 6.04 Å². The molecule has 0 aliphatic rings. The van der Waals surface area contributed by atoms with Crippen LogP contribution in [-0.2, 0) is 5.21 Å². The predicted octanol–water partition coefficient (Wildman–Crippen LogP) is 4.52. The van der Waals surface area contributed by atoms with Crippen LogP contribution in [0.3, 0.4) is 0 Å². The van der Waals surface area contributed by atoms with E-state index in [2.05, 4.69) is 0 Å². The van der Waals surface area contributed by atoms with Crippen molar-refractivity contribution >= 4 is 0 Å². The van der Waals surface area contributed by atoms with Gasteiger partial charge in [-0.25, -0.2) is 8.78 Å². The topological polar surface area (TPSA) is 23.1 Å². The molecule has 1 atom stereocenters. The fourth-order valence-corrected chi connectivity index (χ4v) is 1.59. The molecule has 1 rings (SSSR count). The summed E-state index contributed by atoms with van der Waals surface area (Å²) in [6.07, 6.45) is -5.06. The predicted molar refractivity (Wildman–Crippen MR) is 58.2 cm³/mol. The maximum Gasteiger partial charge on any atom is 0.398 e. The zero-order valence-electron chi connectivity index (χ0n) is 10.9. The van der Waals surface area contributed by atoms with E-state index >= 15 is 0 Å². The minimum atomic E-state index is -6.56. The minimum absolute atomic E-state index is 0.173. The first-order valence-corrected chi connectivity index (χ1v) is 5.80. The highest BCUT2D eigenvalue weighted by molar-refractivity contribution is 5.18. The number of hydrogen-bond donors (Lipinski definition) is 0. The van der Waals surface area contributed by atoms with E-state index in [4.69, 9.17) is 0 Å². The fraction of sp³-hybridized carbons (Fsp3) is 0.500. The number of rotatable bonds is 6. The van der Waals surface area contributed by atoms with Gasteiger partial charge in [-0.05, 0) is 12.5 Å². The summed E-state index contributed by atoms with van der Waals surface area (Å²) < 4.78 is 102. The Hall–Kier alpha value is -1.42. The summed E-state index contributed by atoms with van der Waals surface area (Å²) in [5.41, 5.74) is -0.173. The maximum absolute atomic E-state index is 13.4. The van der Waals surface area contributed by atoms with Crippen LogP contribution in [0.1, 0.15) is 18.5 Å². The van der Waals surface area contributed by atoms with E-state index in [9.17, 15) is 40.3 Å². The number of alkyl halides is 8. The third-order valence-corrected chi connectivity index (χ3v) is 2.98. The Morgan fingerprint density at radius 1 is 0.955 bits per heavy atom. The number of hydroxylamine groups is 2. The summed E-state index contributed by atoms with van der Waals surface area (Å²) in [4.78, 5) is 0. The zero-order valence-corrected chi connectivity index (χ0v) is 10.9. The van der Waals surface area contributed by atoms with E-state index in [0.29, 0.717) is 0 Å². The molecule has 22 heavy (non-hydrogen) atoms. The van der Waals surface area contributed by atoms with Gasteiger partial charge < -0.3 is 0 Å². The van der Waals surface area contributed by atoms with Crippen molar-refractivity contribution in [2.45, 2.75) is 37.3 Å². The average molecular weight is 336 g/mol. The van der Waals surface area contributed by atoms with Crippen LogP contribution in [0.25, 0.3) is 0 Å². The van der Waals surface area contributed by atoms with Crippen molar-refractivity contribution in [1.82, 2.24) is 5.06 Å². The summed E-state index contributed by atoms with van der Waals surface area (Å²) in [5.74, 6) is -12.9. The van der Waals surface area contributed by atoms with Gasteiger partial charge in [-0.1, -0.05) is 35.4 Å². The highest BCUT2D eigenvalue weighted by atomic mass is 19.4. The minimum Gasteiger partial charge on any atom is -0.203 e. The van der Waals surface area contributed by atoms with Gasteiger partial charge >= 0.3 is 24.3 Å². The molecule has 1 aromatic carbocycles. The summed E-state index contributed by atoms with van der Waals surface area (Å²) in [5, 5.41) is 9.79. The summed E-state index contributed by atoms with van der Waals surface area (Å²) in [6, 6.07) is -1.74. The summed E-state index contributed by atoms with van der Waals surface area (Å²) >= 11 is 0. The molecule has 0 saturated heterocycles. The Labute approximate surface area is 119 Å².